The highest BCUT2D eigenvalue weighted by Gasteiger charge is 2.07. The number of rotatable bonds is 9. The molecule has 0 radical (unpaired) electrons. The van der Waals surface area contributed by atoms with Crippen LogP contribution in [0, 0.1) is 0 Å². The molecule has 0 heterocycles. The van der Waals surface area contributed by atoms with Gasteiger partial charge in [0.2, 0.25) is 12.3 Å². The number of carbonyl (C=O) groups is 5. The summed E-state index contributed by atoms with van der Waals surface area (Å²) in [6.07, 6.45) is 5.27. The van der Waals surface area contributed by atoms with Crippen LogP contribution in [0.15, 0.2) is 12.2 Å². The van der Waals surface area contributed by atoms with E-state index in [1.165, 1.54) is 20.2 Å². The SMILES string of the molecule is C/C=C\C(=O)N(C=O)CCC=O.CON(C)C(=O)CCC=O. The fraction of sp³-hybridized carbons (Fsp3) is 0.500. The fourth-order valence-electron chi connectivity index (χ4n) is 1.09. The van der Waals surface area contributed by atoms with Crippen LogP contribution in [-0.2, 0) is 28.8 Å². The van der Waals surface area contributed by atoms with E-state index >= 15 is 0 Å². The van der Waals surface area contributed by atoms with E-state index in [4.69, 9.17) is 0 Å². The Morgan fingerprint density at radius 1 is 1.09 bits per heavy atom. The van der Waals surface area contributed by atoms with Crippen molar-refractivity contribution in [2.75, 3.05) is 20.7 Å². The first-order valence-corrected chi connectivity index (χ1v) is 6.54. The van der Waals surface area contributed by atoms with Crippen LogP contribution in [0.25, 0.3) is 0 Å². The maximum atomic E-state index is 11.0. The molecule has 0 spiro atoms. The molecule has 0 aromatic heterocycles. The number of imide groups is 1. The number of carbonyl (C=O) groups excluding carboxylic acids is 5. The van der Waals surface area contributed by atoms with E-state index in [9.17, 15) is 24.0 Å². The molecule has 0 saturated carbocycles. The van der Waals surface area contributed by atoms with Crippen LogP contribution < -0.4 is 0 Å². The third-order valence-corrected chi connectivity index (χ3v) is 2.31. The van der Waals surface area contributed by atoms with Crippen LogP contribution >= 0.6 is 0 Å². The van der Waals surface area contributed by atoms with Gasteiger partial charge in [0.25, 0.3) is 5.91 Å². The zero-order valence-corrected chi connectivity index (χ0v) is 13.1. The Kier molecular flexibility index (Phi) is 15.0. The summed E-state index contributed by atoms with van der Waals surface area (Å²) >= 11 is 0. The molecule has 0 rings (SSSR count). The van der Waals surface area contributed by atoms with Gasteiger partial charge in [0, 0.05) is 32.9 Å². The number of aldehydes is 2. The highest BCUT2D eigenvalue weighted by molar-refractivity contribution is 5.94. The van der Waals surface area contributed by atoms with Crippen LogP contribution in [0.3, 0.4) is 0 Å². The molecule has 0 aromatic carbocycles. The molecule has 8 nitrogen and oxygen atoms in total. The summed E-state index contributed by atoms with van der Waals surface area (Å²) in [6.45, 7) is 1.83. The summed E-state index contributed by atoms with van der Waals surface area (Å²) in [7, 11) is 2.91. The van der Waals surface area contributed by atoms with E-state index in [0.29, 0.717) is 19.0 Å². The smallest absolute Gasteiger partial charge is 0.252 e. The minimum absolute atomic E-state index is 0.149. The first-order chi connectivity index (χ1) is 10.5. The van der Waals surface area contributed by atoms with Gasteiger partial charge in [0.1, 0.15) is 12.6 Å². The minimum atomic E-state index is -0.394. The Balaban J connectivity index is 0. The quantitative estimate of drug-likeness (QED) is 0.340. The summed E-state index contributed by atoms with van der Waals surface area (Å²) in [4.78, 5) is 57.3. The van der Waals surface area contributed by atoms with Crippen LogP contribution in [-0.4, -0.2) is 61.5 Å². The number of allylic oxidation sites excluding steroid dienone is 1. The lowest BCUT2D eigenvalue weighted by Gasteiger charge is -2.11. The van der Waals surface area contributed by atoms with Gasteiger partial charge in [-0.1, -0.05) is 6.08 Å². The van der Waals surface area contributed by atoms with Crippen molar-refractivity contribution in [1.29, 1.82) is 0 Å². The Hall–Kier alpha value is -2.35. The molecule has 3 amide bonds. The van der Waals surface area contributed by atoms with E-state index in [-0.39, 0.29) is 31.7 Å². The Labute approximate surface area is 129 Å². The van der Waals surface area contributed by atoms with Gasteiger partial charge in [0.15, 0.2) is 0 Å². The molecule has 22 heavy (non-hydrogen) atoms. The largest absolute Gasteiger partial charge is 0.303 e. The van der Waals surface area contributed by atoms with Crippen molar-refractivity contribution in [2.45, 2.75) is 26.2 Å². The maximum absolute atomic E-state index is 11.0. The predicted octanol–water partition coefficient (Wildman–Crippen LogP) is 0.122. The second-order valence-corrected chi connectivity index (χ2v) is 3.87. The van der Waals surface area contributed by atoms with E-state index in [1.54, 1.807) is 13.0 Å². The molecule has 0 aliphatic heterocycles. The summed E-state index contributed by atoms with van der Waals surface area (Å²) < 4.78 is 0. The van der Waals surface area contributed by atoms with Gasteiger partial charge in [-0.2, -0.15) is 0 Å². The molecule has 0 fully saturated rings. The van der Waals surface area contributed by atoms with Gasteiger partial charge in [-0.15, -0.1) is 0 Å². The second kappa shape index (κ2) is 15.0. The molecular formula is C14H22N2O6. The van der Waals surface area contributed by atoms with Crippen LogP contribution in [0.4, 0.5) is 0 Å². The van der Waals surface area contributed by atoms with Crippen molar-refractivity contribution in [3.05, 3.63) is 12.2 Å². The summed E-state index contributed by atoms with van der Waals surface area (Å²) in [5.41, 5.74) is 0. The Morgan fingerprint density at radius 2 is 1.68 bits per heavy atom. The van der Waals surface area contributed by atoms with Crippen LogP contribution in [0.5, 0.6) is 0 Å². The molecule has 0 aliphatic carbocycles. The van der Waals surface area contributed by atoms with Gasteiger partial charge in [-0.3, -0.25) is 24.1 Å². The van der Waals surface area contributed by atoms with Crippen LogP contribution in [0.1, 0.15) is 26.2 Å². The lowest BCUT2D eigenvalue weighted by atomic mass is 10.3. The normalized spacial score (nSPS) is 9.41. The highest BCUT2D eigenvalue weighted by atomic mass is 16.7. The zero-order chi connectivity index (χ0) is 17.4. The second-order valence-electron chi connectivity index (χ2n) is 3.87. The van der Waals surface area contributed by atoms with Crippen molar-refractivity contribution in [3.63, 3.8) is 0 Å². The number of hydroxylamine groups is 2. The first-order valence-electron chi connectivity index (χ1n) is 6.54. The van der Waals surface area contributed by atoms with Gasteiger partial charge in [-0.05, 0) is 13.0 Å². The van der Waals surface area contributed by atoms with Gasteiger partial charge >= 0.3 is 0 Å². The predicted molar refractivity (Wildman–Crippen MR) is 78.3 cm³/mol. The summed E-state index contributed by atoms with van der Waals surface area (Å²) in [6, 6.07) is 0. The molecule has 0 aliphatic rings. The number of nitrogens with zero attached hydrogens (tertiary/aromatic N) is 2. The molecule has 0 N–H and O–H groups in total. The van der Waals surface area contributed by atoms with Gasteiger partial charge in [-0.25, -0.2) is 5.06 Å². The molecule has 0 unspecified atom stereocenters. The minimum Gasteiger partial charge on any atom is -0.303 e. The average molecular weight is 314 g/mol. The maximum Gasteiger partial charge on any atom is 0.252 e. The van der Waals surface area contributed by atoms with E-state index in [1.807, 2.05) is 0 Å². The molecule has 0 saturated heterocycles. The van der Waals surface area contributed by atoms with Gasteiger partial charge < -0.3 is 9.59 Å². The number of hydrogen-bond acceptors (Lipinski definition) is 6. The standard InChI is InChI=1S/C8H11NO3.C6H11NO3/c1-2-4-8(12)9(7-11)5-3-6-10;1-7(10-2)6(9)4-3-5-8/h2,4,6-7H,3,5H2,1H3;5H,3-4H2,1-2H3/b4-2-;. The Morgan fingerprint density at radius 3 is 2.09 bits per heavy atom. The third-order valence-electron chi connectivity index (χ3n) is 2.31. The van der Waals surface area contributed by atoms with Gasteiger partial charge in [0.05, 0.1) is 7.11 Å². The molecule has 124 valence electrons. The zero-order valence-electron chi connectivity index (χ0n) is 13.1. The topological polar surface area (TPSA) is 101 Å². The monoisotopic (exact) mass is 314 g/mol. The number of hydrogen-bond donors (Lipinski definition) is 0. The first kappa shape index (κ1) is 21.9. The number of amides is 3. The molecule has 0 bridgehead atoms. The third kappa shape index (κ3) is 11.5. The van der Waals surface area contributed by atoms with Crippen LogP contribution in [0.2, 0.25) is 0 Å². The Bertz CT molecular complexity index is 395. The lowest BCUT2D eigenvalue weighted by Crippen LogP contribution is -2.29. The molecule has 8 heteroatoms. The average Bonchev–Trinajstić information content (AvgIpc) is 2.53. The van der Waals surface area contributed by atoms with Crippen molar-refractivity contribution in [2.24, 2.45) is 0 Å². The lowest BCUT2D eigenvalue weighted by molar-refractivity contribution is -0.168. The van der Waals surface area contributed by atoms with Crippen molar-refractivity contribution in [3.8, 4) is 0 Å². The molecule has 0 atom stereocenters. The molecular weight excluding hydrogens is 292 g/mol. The van der Waals surface area contributed by atoms with E-state index in [0.717, 1.165) is 9.96 Å². The summed E-state index contributed by atoms with van der Waals surface area (Å²) in [5, 5.41) is 1.10. The van der Waals surface area contributed by atoms with Crippen molar-refractivity contribution < 1.29 is 28.8 Å². The van der Waals surface area contributed by atoms with Crippen molar-refractivity contribution >= 4 is 30.8 Å². The molecule has 0 aromatic rings. The summed E-state index contributed by atoms with van der Waals surface area (Å²) in [5.74, 6) is -0.580. The van der Waals surface area contributed by atoms with E-state index in [2.05, 4.69) is 4.84 Å². The highest BCUT2D eigenvalue weighted by Crippen LogP contribution is 1.92. The fourth-order valence-corrected chi connectivity index (χ4v) is 1.09. The van der Waals surface area contributed by atoms with E-state index < -0.39 is 5.91 Å². The van der Waals surface area contributed by atoms with Crippen molar-refractivity contribution in [1.82, 2.24) is 9.96 Å².